The molecule has 1 aliphatic rings. The van der Waals surface area contributed by atoms with Gasteiger partial charge in [-0.05, 0) is 62.8 Å². The second-order valence-corrected chi connectivity index (χ2v) is 8.29. The molecule has 1 N–H and O–H groups in total. The van der Waals surface area contributed by atoms with Crippen molar-refractivity contribution in [2.45, 2.75) is 39.2 Å². The molecule has 0 spiro atoms. The minimum atomic E-state index is -2.77. The number of benzene rings is 1. The van der Waals surface area contributed by atoms with Crippen LogP contribution in [0.3, 0.4) is 0 Å². The van der Waals surface area contributed by atoms with Crippen molar-refractivity contribution in [2.24, 2.45) is 5.92 Å². The molecule has 1 aromatic rings. The Balaban J connectivity index is 2.03. The van der Waals surface area contributed by atoms with Crippen LogP contribution in [0.2, 0.25) is 0 Å². The van der Waals surface area contributed by atoms with Crippen molar-refractivity contribution < 1.29 is 8.42 Å². The Morgan fingerprint density at radius 1 is 1.30 bits per heavy atom. The summed E-state index contributed by atoms with van der Waals surface area (Å²) in [5, 5.41) is 3.36. The van der Waals surface area contributed by atoms with E-state index in [1.165, 1.54) is 16.7 Å². The maximum atomic E-state index is 11.6. The van der Waals surface area contributed by atoms with Gasteiger partial charge in [0.15, 0.2) is 9.84 Å². The van der Waals surface area contributed by atoms with Crippen molar-refractivity contribution in [3.05, 3.63) is 34.9 Å². The van der Waals surface area contributed by atoms with E-state index in [0.29, 0.717) is 23.5 Å². The number of sulfone groups is 1. The molecule has 4 heteroatoms. The molecule has 1 fully saturated rings. The Bertz CT molecular complexity index is 546. The molecule has 1 heterocycles. The van der Waals surface area contributed by atoms with E-state index in [0.717, 1.165) is 19.3 Å². The van der Waals surface area contributed by atoms with Gasteiger partial charge in [-0.2, -0.15) is 0 Å². The highest BCUT2D eigenvalue weighted by Crippen LogP contribution is 2.25. The first-order chi connectivity index (χ1) is 9.41. The monoisotopic (exact) mass is 295 g/mol. The summed E-state index contributed by atoms with van der Waals surface area (Å²) in [6.45, 7) is 4.30. The van der Waals surface area contributed by atoms with E-state index in [1.54, 1.807) is 0 Å². The standard InChI is InChI=1S/C16H25NO2S/c1-12-5-4-6-13(2)16(12)10-15(17-3)9-14-7-8-20(18,19)11-14/h4-6,14-15,17H,7-11H2,1-3H3. The highest BCUT2D eigenvalue weighted by Gasteiger charge is 2.29. The molecule has 1 aliphatic heterocycles. The van der Waals surface area contributed by atoms with Crippen LogP contribution < -0.4 is 5.32 Å². The van der Waals surface area contributed by atoms with Gasteiger partial charge >= 0.3 is 0 Å². The molecular weight excluding hydrogens is 270 g/mol. The third-order valence-electron chi connectivity index (χ3n) is 4.45. The smallest absolute Gasteiger partial charge is 0.150 e. The van der Waals surface area contributed by atoms with Crippen LogP contribution >= 0.6 is 0 Å². The van der Waals surface area contributed by atoms with Crippen LogP contribution in [0.25, 0.3) is 0 Å². The van der Waals surface area contributed by atoms with Gasteiger partial charge in [0, 0.05) is 6.04 Å². The molecule has 112 valence electrons. The summed E-state index contributed by atoms with van der Waals surface area (Å²) in [5.74, 6) is 1.07. The summed E-state index contributed by atoms with van der Waals surface area (Å²) in [6.07, 6.45) is 2.75. The third kappa shape index (κ3) is 3.83. The molecule has 0 aromatic heterocycles. The lowest BCUT2D eigenvalue weighted by atomic mass is 9.91. The fraction of sp³-hybridized carbons (Fsp3) is 0.625. The van der Waals surface area contributed by atoms with Crippen molar-refractivity contribution in [2.75, 3.05) is 18.6 Å². The Kier molecular flexibility index (Phi) is 4.86. The van der Waals surface area contributed by atoms with Crippen LogP contribution in [0.4, 0.5) is 0 Å². The highest BCUT2D eigenvalue weighted by molar-refractivity contribution is 7.91. The number of nitrogens with one attached hydrogen (secondary N) is 1. The fourth-order valence-corrected chi connectivity index (χ4v) is 5.06. The predicted molar refractivity (Wildman–Crippen MR) is 83.8 cm³/mol. The van der Waals surface area contributed by atoms with Gasteiger partial charge in [0.2, 0.25) is 0 Å². The maximum Gasteiger partial charge on any atom is 0.150 e. The van der Waals surface area contributed by atoms with Crippen molar-refractivity contribution >= 4 is 9.84 Å². The third-order valence-corrected chi connectivity index (χ3v) is 6.28. The first-order valence-electron chi connectivity index (χ1n) is 7.34. The zero-order valence-corrected chi connectivity index (χ0v) is 13.5. The van der Waals surface area contributed by atoms with Crippen LogP contribution in [-0.2, 0) is 16.3 Å². The van der Waals surface area contributed by atoms with Gasteiger partial charge in [-0.1, -0.05) is 18.2 Å². The van der Waals surface area contributed by atoms with Crippen LogP contribution in [-0.4, -0.2) is 33.0 Å². The van der Waals surface area contributed by atoms with Gasteiger partial charge < -0.3 is 5.32 Å². The summed E-state index contributed by atoms with van der Waals surface area (Å²) in [4.78, 5) is 0. The zero-order valence-electron chi connectivity index (χ0n) is 12.6. The molecule has 3 nitrogen and oxygen atoms in total. The van der Waals surface area contributed by atoms with Crippen molar-refractivity contribution in [3.63, 3.8) is 0 Å². The average molecular weight is 295 g/mol. The van der Waals surface area contributed by atoms with Gasteiger partial charge in [0.25, 0.3) is 0 Å². The maximum absolute atomic E-state index is 11.6. The molecule has 1 saturated heterocycles. The Morgan fingerprint density at radius 3 is 2.45 bits per heavy atom. The van der Waals surface area contributed by atoms with E-state index < -0.39 is 9.84 Å². The fourth-order valence-electron chi connectivity index (χ4n) is 3.18. The summed E-state index contributed by atoms with van der Waals surface area (Å²) < 4.78 is 23.1. The Labute approximate surface area is 122 Å². The molecule has 0 saturated carbocycles. The SMILES string of the molecule is CNC(Cc1c(C)cccc1C)CC1CCS(=O)(=O)C1. The van der Waals surface area contributed by atoms with E-state index in [1.807, 2.05) is 7.05 Å². The molecular formula is C16H25NO2S. The van der Waals surface area contributed by atoms with Crippen molar-refractivity contribution in [1.82, 2.24) is 5.32 Å². The highest BCUT2D eigenvalue weighted by atomic mass is 32.2. The Morgan fingerprint density at radius 2 is 1.95 bits per heavy atom. The molecule has 0 aliphatic carbocycles. The lowest BCUT2D eigenvalue weighted by Crippen LogP contribution is -2.31. The van der Waals surface area contributed by atoms with Crippen LogP contribution in [0.5, 0.6) is 0 Å². The van der Waals surface area contributed by atoms with Crippen LogP contribution in [0.15, 0.2) is 18.2 Å². The molecule has 2 unspecified atom stereocenters. The molecule has 20 heavy (non-hydrogen) atoms. The lowest BCUT2D eigenvalue weighted by molar-refractivity contribution is 0.423. The van der Waals surface area contributed by atoms with E-state index in [9.17, 15) is 8.42 Å². The van der Waals surface area contributed by atoms with E-state index in [-0.39, 0.29) is 0 Å². The number of likely N-dealkylation sites (N-methyl/N-ethyl adjacent to an activating group) is 1. The topological polar surface area (TPSA) is 46.2 Å². The van der Waals surface area contributed by atoms with E-state index >= 15 is 0 Å². The minimum absolute atomic E-state index is 0.321. The van der Waals surface area contributed by atoms with Crippen molar-refractivity contribution in [1.29, 1.82) is 0 Å². The second-order valence-electron chi connectivity index (χ2n) is 6.06. The van der Waals surface area contributed by atoms with Crippen molar-refractivity contribution in [3.8, 4) is 0 Å². The molecule has 1 aromatic carbocycles. The first-order valence-corrected chi connectivity index (χ1v) is 9.16. The number of aryl methyl sites for hydroxylation is 2. The first kappa shape index (κ1) is 15.5. The average Bonchev–Trinajstić information content (AvgIpc) is 2.72. The predicted octanol–water partition coefficient (Wildman–Crippen LogP) is 2.26. The summed E-state index contributed by atoms with van der Waals surface area (Å²) in [6, 6.07) is 6.74. The van der Waals surface area contributed by atoms with Gasteiger partial charge in [-0.15, -0.1) is 0 Å². The summed E-state index contributed by atoms with van der Waals surface area (Å²) in [7, 11) is -0.792. The van der Waals surface area contributed by atoms with E-state index in [2.05, 4.69) is 37.4 Å². The van der Waals surface area contributed by atoms with E-state index in [4.69, 9.17) is 0 Å². The number of hydrogen-bond donors (Lipinski definition) is 1. The van der Waals surface area contributed by atoms with Gasteiger partial charge in [0.1, 0.15) is 0 Å². The molecule has 2 rings (SSSR count). The zero-order chi connectivity index (χ0) is 14.8. The molecule has 0 bridgehead atoms. The van der Waals surface area contributed by atoms with Gasteiger partial charge in [0.05, 0.1) is 11.5 Å². The molecule has 0 radical (unpaired) electrons. The number of rotatable bonds is 5. The second kappa shape index (κ2) is 6.27. The Hall–Kier alpha value is -0.870. The van der Waals surface area contributed by atoms with Gasteiger partial charge in [-0.25, -0.2) is 8.42 Å². The van der Waals surface area contributed by atoms with Gasteiger partial charge in [-0.3, -0.25) is 0 Å². The number of hydrogen-bond acceptors (Lipinski definition) is 3. The lowest BCUT2D eigenvalue weighted by Gasteiger charge is -2.21. The quantitative estimate of drug-likeness (QED) is 0.906. The largest absolute Gasteiger partial charge is 0.317 e. The molecule has 0 amide bonds. The normalized spacial score (nSPS) is 22.9. The van der Waals surface area contributed by atoms with Crippen LogP contribution in [0.1, 0.15) is 29.5 Å². The minimum Gasteiger partial charge on any atom is -0.317 e. The van der Waals surface area contributed by atoms with Crippen LogP contribution in [0, 0.1) is 19.8 Å². The summed E-state index contributed by atoms with van der Waals surface area (Å²) >= 11 is 0. The molecule has 2 atom stereocenters. The summed E-state index contributed by atoms with van der Waals surface area (Å²) in [5.41, 5.74) is 4.04.